The van der Waals surface area contributed by atoms with E-state index in [0.717, 1.165) is 25.2 Å². The van der Waals surface area contributed by atoms with E-state index in [-0.39, 0.29) is 11.9 Å². The van der Waals surface area contributed by atoms with Crippen molar-refractivity contribution in [2.24, 2.45) is 0 Å². The molecule has 1 aromatic carbocycles. The number of rotatable bonds is 5. The number of benzene rings is 1. The summed E-state index contributed by atoms with van der Waals surface area (Å²) < 4.78 is 1.69. The van der Waals surface area contributed by atoms with Gasteiger partial charge < -0.3 is 5.32 Å². The van der Waals surface area contributed by atoms with Gasteiger partial charge in [-0.1, -0.05) is 24.3 Å². The zero-order chi connectivity index (χ0) is 17.8. The highest BCUT2D eigenvalue weighted by Gasteiger charge is 2.25. The molecule has 130 valence electrons. The zero-order valence-corrected chi connectivity index (χ0v) is 14.7. The second kappa shape index (κ2) is 7.49. The first-order chi connectivity index (χ1) is 12.1. The molecule has 0 fully saturated rings. The second-order valence-electron chi connectivity index (χ2n) is 6.46. The van der Waals surface area contributed by atoms with Crippen LogP contribution in [0.5, 0.6) is 0 Å². The van der Waals surface area contributed by atoms with Crippen LogP contribution in [0.4, 0.5) is 5.82 Å². The third-order valence-corrected chi connectivity index (χ3v) is 4.68. The minimum atomic E-state index is -0.229. The van der Waals surface area contributed by atoms with Crippen LogP contribution in [0.25, 0.3) is 0 Å². The largest absolute Gasteiger partial charge is 0.310 e. The lowest BCUT2D eigenvalue weighted by Gasteiger charge is -2.32. The molecular formula is C19H23N5O. The summed E-state index contributed by atoms with van der Waals surface area (Å²) >= 11 is 0. The van der Waals surface area contributed by atoms with Crippen molar-refractivity contribution in [2.45, 2.75) is 45.8 Å². The van der Waals surface area contributed by atoms with Crippen LogP contribution in [-0.4, -0.2) is 33.2 Å². The first-order valence-corrected chi connectivity index (χ1v) is 8.61. The molecule has 0 spiro atoms. The number of carbonyl (C=O) groups is 1. The SMILES string of the molecule is Cc1cc(NC(=O)[C@H](C)N2CCc3ccccc3C2)n(CCC#N)n1. The topological polar surface area (TPSA) is 74.0 Å². The van der Waals surface area contributed by atoms with Crippen LogP contribution in [0, 0.1) is 18.3 Å². The maximum absolute atomic E-state index is 12.7. The molecule has 0 saturated carbocycles. The summed E-state index contributed by atoms with van der Waals surface area (Å²) in [6.07, 6.45) is 1.33. The lowest BCUT2D eigenvalue weighted by molar-refractivity contribution is -0.121. The highest BCUT2D eigenvalue weighted by atomic mass is 16.2. The fourth-order valence-electron chi connectivity index (χ4n) is 3.22. The van der Waals surface area contributed by atoms with Crippen LogP contribution in [-0.2, 0) is 24.3 Å². The van der Waals surface area contributed by atoms with Crippen LogP contribution < -0.4 is 5.32 Å². The molecule has 1 aliphatic heterocycles. The number of fused-ring (bicyclic) bond motifs is 1. The molecule has 0 saturated heterocycles. The van der Waals surface area contributed by atoms with Gasteiger partial charge in [-0.25, -0.2) is 4.68 Å². The monoisotopic (exact) mass is 337 g/mol. The van der Waals surface area contributed by atoms with E-state index in [1.807, 2.05) is 26.0 Å². The number of aryl methyl sites for hydroxylation is 2. The third-order valence-electron chi connectivity index (χ3n) is 4.68. The fraction of sp³-hybridized carbons (Fsp3) is 0.421. The third kappa shape index (κ3) is 3.89. The van der Waals surface area contributed by atoms with Gasteiger partial charge in [-0.05, 0) is 31.4 Å². The number of nitriles is 1. The molecule has 2 aromatic rings. The molecule has 2 heterocycles. The number of carbonyl (C=O) groups excluding carboxylic acids is 1. The molecule has 1 N–H and O–H groups in total. The lowest BCUT2D eigenvalue weighted by atomic mass is 9.99. The number of hydrogen-bond donors (Lipinski definition) is 1. The molecule has 0 unspecified atom stereocenters. The van der Waals surface area contributed by atoms with Gasteiger partial charge in [0.25, 0.3) is 0 Å². The molecule has 1 amide bonds. The summed E-state index contributed by atoms with van der Waals surface area (Å²) in [4.78, 5) is 14.9. The minimum absolute atomic E-state index is 0.0440. The van der Waals surface area contributed by atoms with Crippen molar-refractivity contribution in [1.82, 2.24) is 14.7 Å². The van der Waals surface area contributed by atoms with Gasteiger partial charge in [-0.2, -0.15) is 10.4 Å². The summed E-state index contributed by atoms with van der Waals surface area (Å²) in [5.74, 6) is 0.611. The molecule has 0 aliphatic carbocycles. The van der Waals surface area contributed by atoms with Gasteiger partial charge in [-0.3, -0.25) is 9.69 Å². The van der Waals surface area contributed by atoms with E-state index in [1.165, 1.54) is 11.1 Å². The Morgan fingerprint density at radius 2 is 2.16 bits per heavy atom. The van der Waals surface area contributed by atoms with E-state index in [9.17, 15) is 4.79 Å². The van der Waals surface area contributed by atoms with Crippen molar-refractivity contribution in [2.75, 3.05) is 11.9 Å². The molecular weight excluding hydrogens is 314 g/mol. The smallest absolute Gasteiger partial charge is 0.242 e. The van der Waals surface area contributed by atoms with Crippen molar-refractivity contribution >= 4 is 11.7 Å². The van der Waals surface area contributed by atoms with E-state index in [1.54, 1.807) is 4.68 Å². The van der Waals surface area contributed by atoms with Crippen LogP contribution in [0.15, 0.2) is 30.3 Å². The van der Waals surface area contributed by atoms with E-state index >= 15 is 0 Å². The molecule has 6 nitrogen and oxygen atoms in total. The number of nitrogens with zero attached hydrogens (tertiary/aromatic N) is 4. The van der Waals surface area contributed by atoms with Crippen LogP contribution in [0.1, 0.15) is 30.2 Å². The highest BCUT2D eigenvalue weighted by Crippen LogP contribution is 2.21. The minimum Gasteiger partial charge on any atom is -0.310 e. The Hall–Kier alpha value is -2.65. The Balaban J connectivity index is 1.67. The van der Waals surface area contributed by atoms with Crippen molar-refractivity contribution < 1.29 is 4.79 Å². The maximum atomic E-state index is 12.7. The van der Waals surface area contributed by atoms with Crippen LogP contribution >= 0.6 is 0 Å². The van der Waals surface area contributed by atoms with Gasteiger partial charge >= 0.3 is 0 Å². The molecule has 0 radical (unpaired) electrons. The normalized spacial score (nSPS) is 15.2. The number of amides is 1. The van der Waals surface area contributed by atoms with Crippen molar-refractivity contribution in [3.63, 3.8) is 0 Å². The molecule has 6 heteroatoms. The predicted molar refractivity (Wildman–Crippen MR) is 95.8 cm³/mol. The van der Waals surface area contributed by atoms with Crippen molar-refractivity contribution in [1.29, 1.82) is 5.26 Å². The van der Waals surface area contributed by atoms with Gasteiger partial charge in [0.1, 0.15) is 5.82 Å². The van der Waals surface area contributed by atoms with E-state index in [0.29, 0.717) is 18.8 Å². The lowest BCUT2D eigenvalue weighted by Crippen LogP contribution is -2.44. The second-order valence-corrected chi connectivity index (χ2v) is 6.46. The quantitative estimate of drug-likeness (QED) is 0.910. The van der Waals surface area contributed by atoms with Crippen molar-refractivity contribution in [3.05, 3.63) is 47.2 Å². The van der Waals surface area contributed by atoms with E-state index in [4.69, 9.17) is 5.26 Å². The zero-order valence-electron chi connectivity index (χ0n) is 14.7. The summed E-state index contributed by atoms with van der Waals surface area (Å²) in [6.45, 7) is 5.96. The summed E-state index contributed by atoms with van der Waals surface area (Å²) in [6, 6.07) is 12.1. The molecule has 3 rings (SSSR count). The first kappa shape index (κ1) is 17.2. The Labute approximate surface area is 148 Å². The van der Waals surface area contributed by atoms with Gasteiger partial charge in [0.2, 0.25) is 5.91 Å². The predicted octanol–water partition coefficient (Wildman–Crippen LogP) is 2.49. The van der Waals surface area contributed by atoms with Crippen LogP contribution in [0.3, 0.4) is 0 Å². The van der Waals surface area contributed by atoms with Gasteiger partial charge in [-0.15, -0.1) is 0 Å². The number of anilines is 1. The first-order valence-electron chi connectivity index (χ1n) is 8.61. The average molecular weight is 337 g/mol. The number of nitrogens with one attached hydrogen (secondary N) is 1. The van der Waals surface area contributed by atoms with Gasteiger partial charge in [0.05, 0.1) is 30.8 Å². The number of aromatic nitrogens is 2. The van der Waals surface area contributed by atoms with Crippen LogP contribution in [0.2, 0.25) is 0 Å². The highest BCUT2D eigenvalue weighted by molar-refractivity contribution is 5.93. The molecule has 1 aliphatic rings. The maximum Gasteiger partial charge on any atom is 0.242 e. The Morgan fingerprint density at radius 3 is 2.92 bits per heavy atom. The molecule has 1 aromatic heterocycles. The molecule has 1 atom stereocenters. The molecule has 0 bridgehead atoms. The average Bonchev–Trinajstić information content (AvgIpc) is 2.97. The van der Waals surface area contributed by atoms with E-state index < -0.39 is 0 Å². The van der Waals surface area contributed by atoms with Gasteiger partial charge in [0, 0.05) is 19.2 Å². The number of hydrogen-bond acceptors (Lipinski definition) is 4. The Morgan fingerprint density at radius 1 is 1.40 bits per heavy atom. The Kier molecular flexibility index (Phi) is 5.15. The summed E-state index contributed by atoms with van der Waals surface area (Å²) in [5.41, 5.74) is 3.49. The van der Waals surface area contributed by atoms with Gasteiger partial charge in [0.15, 0.2) is 0 Å². The summed E-state index contributed by atoms with van der Waals surface area (Å²) in [7, 11) is 0. The summed E-state index contributed by atoms with van der Waals surface area (Å²) in [5, 5.41) is 16.1. The molecule has 25 heavy (non-hydrogen) atoms. The van der Waals surface area contributed by atoms with E-state index in [2.05, 4.69) is 39.6 Å². The standard InChI is InChI=1S/C19H23N5O/c1-14-12-18(24(22-14)10-5-9-20)21-19(25)15(2)23-11-8-16-6-3-4-7-17(16)13-23/h3-4,6-7,12,15H,5,8,10-11,13H2,1-2H3,(H,21,25)/t15-/m0/s1. The Bertz CT molecular complexity index is 804. The van der Waals surface area contributed by atoms with Crippen molar-refractivity contribution in [3.8, 4) is 6.07 Å². The fourth-order valence-corrected chi connectivity index (χ4v) is 3.22.